The van der Waals surface area contributed by atoms with Gasteiger partial charge in [0.2, 0.25) is 0 Å². The fraction of sp³-hybridized carbons (Fsp3) is 0. The van der Waals surface area contributed by atoms with Gasteiger partial charge in [0.15, 0.2) is 0 Å². The number of nitrogens with two attached hydrogens (primary N) is 1. The second-order valence-corrected chi connectivity index (χ2v) is 8.90. The minimum atomic E-state index is -1.89. The van der Waals surface area contributed by atoms with Gasteiger partial charge in [0.05, 0.1) is 0 Å². The second kappa shape index (κ2) is 4.36. The molecule has 1 aromatic carbocycles. The number of nitrogen functional groups attached to an aromatic ring is 1. The first-order valence-electron chi connectivity index (χ1n) is 4.22. The molecule has 0 radical (unpaired) electrons. The molecule has 5 nitrogen and oxygen atoms in total. The molecule has 0 saturated carbocycles. The van der Waals surface area contributed by atoms with Crippen LogP contribution in [0, 0.1) is 0 Å². The van der Waals surface area contributed by atoms with Crippen molar-refractivity contribution < 1.29 is 37.7 Å². The van der Waals surface area contributed by atoms with Crippen molar-refractivity contribution in [2.75, 3.05) is 5.73 Å². The predicted octanol–water partition coefficient (Wildman–Crippen LogP) is -0.531. The number of benzene rings is 1. The average molecular weight is 412 g/mol. The number of nitrogens with zero attached hydrogens (tertiary/aromatic N) is 2. The van der Waals surface area contributed by atoms with Gasteiger partial charge in [-0.25, -0.2) is 0 Å². The quantitative estimate of drug-likeness (QED) is 0.409. The minimum absolute atomic E-state index is 0.449. The Hall–Kier alpha value is -0.815. The van der Waals surface area contributed by atoms with Gasteiger partial charge in [0.1, 0.15) is 0 Å². The molecule has 0 atom stereocenters. The standard InChI is InChI=1S/C8H7N3O2.ClH.Hg/c9-6-3-1-2-4-7(6)11-5-8(12)13-10-11;;/h1-4,12H,9H2;1H;/q+1;;+1/p-2. The van der Waals surface area contributed by atoms with Gasteiger partial charge in [-0.2, -0.15) is 0 Å². The molecule has 1 aromatic heterocycles. The Morgan fingerprint density at radius 2 is 2.20 bits per heavy atom. The molecule has 0 bridgehead atoms. The van der Waals surface area contributed by atoms with E-state index in [0.717, 1.165) is 0 Å². The van der Waals surface area contributed by atoms with Gasteiger partial charge in [-0.05, 0) is 0 Å². The summed E-state index contributed by atoms with van der Waals surface area (Å²) in [6.45, 7) is 0. The number of anilines is 1. The number of hydrogen-bond donors (Lipinski definition) is 1. The summed E-state index contributed by atoms with van der Waals surface area (Å²) < 4.78 is 6.46. The molecular weight excluding hydrogens is 406 g/mol. The number of halogens is 1. The first-order valence-corrected chi connectivity index (χ1v) is 13.7. The van der Waals surface area contributed by atoms with Gasteiger partial charge < -0.3 is 0 Å². The Kier molecular flexibility index (Phi) is 3.11. The van der Waals surface area contributed by atoms with E-state index in [-0.39, 0.29) is 0 Å². The van der Waals surface area contributed by atoms with E-state index in [1.54, 1.807) is 12.1 Å². The Morgan fingerprint density at radius 3 is 2.87 bits per heavy atom. The van der Waals surface area contributed by atoms with Crippen molar-refractivity contribution in [1.82, 2.24) is 5.27 Å². The van der Waals surface area contributed by atoms with Crippen LogP contribution in [0.5, 0.6) is 5.95 Å². The SMILES string of the molecule is Nc1ccccc1-[n+]1noc([O-])[c]1[Hg][Cl]. The fourth-order valence-corrected chi connectivity index (χ4v) is 5.20. The second-order valence-electron chi connectivity index (χ2n) is 2.91. The van der Waals surface area contributed by atoms with Crippen LogP contribution in [-0.4, -0.2) is 5.27 Å². The van der Waals surface area contributed by atoms with Gasteiger partial charge >= 0.3 is 102 Å². The van der Waals surface area contributed by atoms with Crippen molar-refractivity contribution >= 4 is 17.1 Å². The van der Waals surface area contributed by atoms with E-state index in [9.17, 15) is 5.11 Å². The van der Waals surface area contributed by atoms with Gasteiger partial charge in [-0.1, -0.05) is 0 Å². The van der Waals surface area contributed by atoms with E-state index in [1.807, 2.05) is 12.1 Å². The molecule has 2 N–H and O–H groups in total. The molecule has 0 fully saturated rings. The Bertz CT molecular complexity index is 488. The van der Waals surface area contributed by atoms with Crippen LogP contribution in [0.15, 0.2) is 28.8 Å². The number of aromatic nitrogens is 2. The maximum atomic E-state index is 11.2. The Morgan fingerprint density at radius 1 is 1.47 bits per heavy atom. The summed E-state index contributed by atoms with van der Waals surface area (Å²) in [4.78, 5) is 0. The van der Waals surface area contributed by atoms with Crippen molar-refractivity contribution in [2.24, 2.45) is 0 Å². The number of hydrogen-bond acceptors (Lipinski definition) is 4. The summed E-state index contributed by atoms with van der Waals surface area (Å²) in [5.41, 5.74) is 6.94. The zero-order valence-electron chi connectivity index (χ0n) is 7.68. The zero-order chi connectivity index (χ0) is 10.8. The van der Waals surface area contributed by atoms with Gasteiger partial charge in [-0.3, -0.25) is 0 Å². The molecule has 74 valence electrons. The first-order chi connectivity index (χ1) is 7.24. The van der Waals surface area contributed by atoms with Gasteiger partial charge in [0.25, 0.3) is 0 Å². The number of para-hydroxylation sites is 2. The van der Waals surface area contributed by atoms with Crippen LogP contribution in [-0.2, 0) is 23.3 Å². The molecule has 2 aromatic rings. The van der Waals surface area contributed by atoms with E-state index in [1.165, 1.54) is 4.68 Å². The molecule has 0 aliphatic heterocycles. The fourth-order valence-electron chi connectivity index (χ4n) is 1.25. The van der Waals surface area contributed by atoms with E-state index >= 15 is 0 Å². The summed E-state index contributed by atoms with van der Waals surface area (Å²) in [5.74, 6) is -0.449. The van der Waals surface area contributed by atoms with Gasteiger partial charge in [0, 0.05) is 0 Å². The van der Waals surface area contributed by atoms with E-state index in [2.05, 4.69) is 9.79 Å². The third-order valence-electron chi connectivity index (χ3n) is 1.99. The van der Waals surface area contributed by atoms with Crippen LogP contribution in [0.4, 0.5) is 5.69 Å². The molecule has 7 heteroatoms. The molecular formula is C8H6ClHgN3O2. The van der Waals surface area contributed by atoms with Crippen LogP contribution < -0.4 is 18.7 Å². The molecule has 0 amide bonds. The van der Waals surface area contributed by atoms with Crippen LogP contribution >= 0.6 is 8.25 Å². The molecule has 0 aliphatic rings. The van der Waals surface area contributed by atoms with Crippen molar-refractivity contribution in [3.05, 3.63) is 24.3 Å². The van der Waals surface area contributed by atoms with Crippen LogP contribution in [0.1, 0.15) is 0 Å². The van der Waals surface area contributed by atoms with Crippen molar-refractivity contribution in [3.63, 3.8) is 0 Å². The molecule has 0 unspecified atom stereocenters. The third-order valence-corrected chi connectivity index (χ3v) is 7.48. The van der Waals surface area contributed by atoms with Gasteiger partial charge in [-0.15, -0.1) is 0 Å². The van der Waals surface area contributed by atoms with Crippen LogP contribution in [0.25, 0.3) is 5.69 Å². The molecule has 0 spiro atoms. The zero-order valence-corrected chi connectivity index (χ0v) is 13.9. The average Bonchev–Trinajstić information content (AvgIpc) is 2.60. The summed E-state index contributed by atoms with van der Waals surface area (Å²) in [7, 11) is 5.84. The summed E-state index contributed by atoms with van der Waals surface area (Å²) in [6.07, 6.45) is 0. The Labute approximate surface area is 101 Å². The van der Waals surface area contributed by atoms with E-state index < -0.39 is 29.3 Å². The van der Waals surface area contributed by atoms with E-state index in [0.29, 0.717) is 14.6 Å². The van der Waals surface area contributed by atoms with Crippen molar-refractivity contribution in [2.45, 2.75) is 0 Å². The van der Waals surface area contributed by atoms with E-state index in [4.69, 9.17) is 14.0 Å². The predicted molar refractivity (Wildman–Crippen MR) is 47.4 cm³/mol. The first kappa shape index (κ1) is 10.7. The molecule has 15 heavy (non-hydrogen) atoms. The molecule has 1 heterocycles. The summed E-state index contributed by atoms with van der Waals surface area (Å²) in [5, 5.41) is 14.9. The molecule has 0 aliphatic carbocycles. The third kappa shape index (κ3) is 1.94. The van der Waals surface area contributed by atoms with Crippen molar-refractivity contribution in [3.8, 4) is 11.6 Å². The normalized spacial score (nSPS) is 9.93. The van der Waals surface area contributed by atoms with Crippen LogP contribution in [0.3, 0.4) is 0 Å². The summed E-state index contributed by atoms with van der Waals surface area (Å²) in [6, 6.07) is 7.12. The number of rotatable bonds is 2. The molecule has 0 saturated heterocycles. The summed E-state index contributed by atoms with van der Waals surface area (Å²) >= 11 is -1.89. The molecule has 2 rings (SSSR count). The monoisotopic (exact) mass is 413 g/mol. The topological polar surface area (TPSA) is 79.0 Å². The van der Waals surface area contributed by atoms with Crippen LogP contribution in [0.2, 0.25) is 0 Å². The Balaban J connectivity index is 2.59. The van der Waals surface area contributed by atoms with Crippen molar-refractivity contribution in [1.29, 1.82) is 0 Å². The maximum absolute atomic E-state index is 11.2.